The zero-order valence-corrected chi connectivity index (χ0v) is 26.0. The summed E-state index contributed by atoms with van der Waals surface area (Å²) in [4.78, 5) is 43.4. The minimum absolute atomic E-state index is 0.172. The minimum Gasteiger partial charge on any atom is -0.485 e. The Kier molecular flexibility index (Phi) is 9.24. The van der Waals surface area contributed by atoms with Crippen molar-refractivity contribution in [3.05, 3.63) is 77.7 Å². The lowest BCUT2D eigenvalue weighted by Crippen LogP contribution is -2.50. The number of rotatable bonds is 7. The number of urea groups is 2. The lowest BCUT2D eigenvalue weighted by Gasteiger charge is -2.38. The molecule has 2 heterocycles. The van der Waals surface area contributed by atoms with Gasteiger partial charge in [0.15, 0.2) is 11.5 Å². The van der Waals surface area contributed by atoms with E-state index in [1.807, 2.05) is 49.4 Å². The van der Waals surface area contributed by atoms with Crippen molar-refractivity contribution in [3.8, 4) is 5.75 Å². The molecule has 5 amide bonds. The van der Waals surface area contributed by atoms with Gasteiger partial charge in [0.25, 0.3) is 5.91 Å². The fourth-order valence-electron chi connectivity index (χ4n) is 5.39. The largest absolute Gasteiger partial charge is 0.485 e. The zero-order valence-electron chi connectivity index (χ0n) is 26.0. The molecule has 1 aromatic heterocycles. The molecule has 12 heteroatoms. The van der Waals surface area contributed by atoms with Gasteiger partial charge in [-0.25, -0.2) is 9.59 Å². The molecule has 5 rings (SSSR count). The van der Waals surface area contributed by atoms with Gasteiger partial charge in [-0.15, -0.1) is 0 Å². The number of nitrogens with zero attached hydrogens (tertiary/aromatic N) is 3. The maximum atomic E-state index is 13.8. The van der Waals surface area contributed by atoms with Crippen LogP contribution in [0.25, 0.3) is 10.8 Å². The van der Waals surface area contributed by atoms with Crippen LogP contribution in [0.1, 0.15) is 35.7 Å². The molecule has 0 fully saturated rings. The molecule has 0 spiro atoms. The summed E-state index contributed by atoms with van der Waals surface area (Å²) in [6.07, 6.45) is -0.581. The quantitative estimate of drug-likeness (QED) is 0.216. The number of carbonyl (C=O) groups excluding carboxylic acids is 3. The van der Waals surface area contributed by atoms with Crippen LogP contribution in [-0.4, -0.2) is 76.9 Å². The number of aryl methyl sites for hydroxylation is 2. The summed E-state index contributed by atoms with van der Waals surface area (Å²) in [6, 6.07) is 17.1. The van der Waals surface area contributed by atoms with E-state index in [-0.39, 0.29) is 54.6 Å². The van der Waals surface area contributed by atoms with Crippen LogP contribution in [0.3, 0.4) is 0 Å². The maximum absolute atomic E-state index is 13.8. The van der Waals surface area contributed by atoms with E-state index in [0.717, 1.165) is 10.8 Å². The number of amides is 5. The number of aliphatic hydroxyl groups is 1. The van der Waals surface area contributed by atoms with Gasteiger partial charge in [-0.05, 0) is 44.4 Å². The Hall–Kier alpha value is -5.10. The predicted octanol–water partition coefficient (Wildman–Crippen LogP) is 5.47. The van der Waals surface area contributed by atoms with E-state index >= 15 is 0 Å². The lowest BCUT2D eigenvalue weighted by molar-refractivity contribution is 0.0373. The van der Waals surface area contributed by atoms with Crippen LogP contribution in [0, 0.1) is 19.8 Å². The monoisotopic (exact) mass is 614 g/mol. The van der Waals surface area contributed by atoms with Crippen molar-refractivity contribution in [3.63, 3.8) is 0 Å². The third kappa shape index (κ3) is 6.70. The molecule has 3 aromatic carbocycles. The summed E-state index contributed by atoms with van der Waals surface area (Å²) in [5.74, 6) is 0.0255. The standard InChI is InChI=1S/C33H38N6O6/c1-19-16-39(20(2)18-40)31(41)25-13-9-15-27(34-32(42)36-29-21(3)37-45-22(29)4)30(25)44-28(19)17-38(5)33(43)35-26-14-8-11-23-10-6-7-12-24(23)26/h6-15,19-20,28,40H,16-18H2,1-5H3,(H,35,43)(H2,34,36,42)/t19-,20+,28-/m1/s1. The summed E-state index contributed by atoms with van der Waals surface area (Å²) in [6.45, 7) is 7.32. The summed E-state index contributed by atoms with van der Waals surface area (Å²) in [7, 11) is 1.68. The number of likely N-dealkylation sites (N-methyl/N-ethyl adjacent to an activating group) is 1. The third-order valence-electron chi connectivity index (χ3n) is 8.04. The fourth-order valence-corrected chi connectivity index (χ4v) is 5.39. The second-order valence-electron chi connectivity index (χ2n) is 11.4. The number of nitrogens with one attached hydrogen (secondary N) is 3. The van der Waals surface area contributed by atoms with Gasteiger partial charge in [0.2, 0.25) is 0 Å². The summed E-state index contributed by atoms with van der Waals surface area (Å²) in [5.41, 5.74) is 2.14. The second kappa shape index (κ2) is 13.3. The molecule has 0 aliphatic carbocycles. The summed E-state index contributed by atoms with van der Waals surface area (Å²) < 4.78 is 11.7. The first kappa shape index (κ1) is 31.3. The predicted molar refractivity (Wildman–Crippen MR) is 172 cm³/mol. The molecule has 4 N–H and O–H groups in total. The van der Waals surface area contributed by atoms with E-state index in [4.69, 9.17) is 9.26 Å². The number of aromatic nitrogens is 1. The molecule has 4 aromatic rings. The normalized spacial score (nSPS) is 17.0. The van der Waals surface area contributed by atoms with Crippen molar-refractivity contribution < 1.29 is 28.8 Å². The molecule has 1 aliphatic rings. The molecule has 12 nitrogen and oxygen atoms in total. The van der Waals surface area contributed by atoms with Crippen LogP contribution in [-0.2, 0) is 0 Å². The van der Waals surface area contributed by atoms with E-state index in [0.29, 0.717) is 22.8 Å². The van der Waals surface area contributed by atoms with Crippen LogP contribution in [0.2, 0.25) is 0 Å². The minimum atomic E-state index is -0.581. The number of carbonyl (C=O) groups is 3. The second-order valence-corrected chi connectivity index (χ2v) is 11.4. The van der Waals surface area contributed by atoms with Gasteiger partial charge in [0.05, 0.1) is 36.1 Å². The lowest BCUT2D eigenvalue weighted by atomic mass is 9.99. The van der Waals surface area contributed by atoms with Crippen molar-refractivity contribution in [2.24, 2.45) is 5.92 Å². The molecule has 3 atom stereocenters. The van der Waals surface area contributed by atoms with Gasteiger partial charge < -0.3 is 40.1 Å². The van der Waals surface area contributed by atoms with E-state index in [9.17, 15) is 19.5 Å². The molecular weight excluding hydrogens is 576 g/mol. The molecule has 236 valence electrons. The van der Waals surface area contributed by atoms with Crippen LogP contribution in [0.5, 0.6) is 5.75 Å². The number of hydrogen-bond acceptors (Lipinski definition) is 7. The highest BCUT2D eigenvalue weighted by Crippen LogP contribution is 2.35. The highest BCUT2D eigenvalue weighted by Gasteiger charge is 2.35. The Morgan fingerprint density at radius 3 is 2.49 bits per heavy atom. The van der Waals surface area contributed by atoms with Crippen LogP contribution >= 0.6 is 0 Å². The Balaban J connectivity index is 1.42. The molecular formula is C33H38N6O6. The van der Waals surface area contributed by atoms with Gasteiger partial charge in [0.1, 0.15) is 17.5 Å². The Labute approximate surface area is 261 Å². The molecule has 0 bridgehead atoms. The Morgan fingerprint density at radius 2 is 1.76 bits per heavy atom. The topological polar surface area (TPSA) is 149 Å². The van der Waals surface area contributed by atoms with Gasteiger partial charge in [-0.1, -0.05) is 54.5 Å². The summed E-state index contributed by atoms with van der Waals surface area (Å²) >= 11 is 0. The molecule has 1 aliphatic heterocycles. The van der Waals surface area contributed by atoms with E-state index in [1.54, 1.807) is 50.9 Å². The van der Waals surface area contributed by atoms with E-state index in [1.165, 1.54) is 4.90 Å². The first-order valence-electron chi connectivity index (χ1n) is 14.8. The first-order valence-corrected chi connectivity index (χ1v) is 14.8. The van der Waals surface area contributed by atoms with Crippen molar-refractivity contribution in [1.82, 2.24) is 15.0 Å². The summed E-state index contributed by atoms with van der Waals surface area (Å²) in [5, 5.41) is 24.3. The van der Waals surface area contributed by atoms with Crippen LogP contribution < -0.4 is 20.7 Å². The van der Waals surface area contributed by atoms with Gasteiger partial charge >= 0.3 is 12.1 Å². The highest BCUT2D eigenvalue weighted by atomic mass is 16.5. The van der Waals surface area contributed by atoms with Crippen LogP contribution in [0.4, 0.5) is 26.7 Å². The van der Waals surface area contributed by atoms with E-state index in [2.05, 4.69) is 21.1 Å². The number of hydrogen-bond donors (Lipinski definition) is 4. The first-order chi connectivity index (χ1) is 21.6. The van der Waals surface area contributed by atoms with Gasteiger partial charge in [0, 0.05) is 24.9 Å². The maximum Gasteiger partial charge on any atom is 0.323 e. The number of aliphatic hydroxyl groups excluding tert-OH is 1. The number of fused-ring (bicyclic) bond motifs is 2. The van der Waals surface area contributed by atoms with Gasteiger partial charge in [-0.2, -0.15) is 0 Å². The van der Waals surface area contributed by atoms with Crippen molar-refractivity contribution in [2.45, 2.75) is 39.8 Å². The molecule has 0 unspecified atom stereocenters. The average molecular weight is 615 g/mol. The SMILES string of the molecule is Cc1noc(C)c1NC(=O)Nc1cccc2c1O[C@H](CN(C)C(=O)Nc1cccc3ccccc13)[C@H](C)CN([C@@H](C)CO)C2=O. The number of ether oxygens (including phenoxy) is 1. The van der Waals surface area contributed by atoms with Crippen molar-refractivity contribution in [2.75, 3.05) is 42.7 Å². The zero-order chi connectivity index (χ0) is 32.2. The van der Waals surface area contributed by atoms with E-state index < -0.39 is 18.2 Å². The highest BCUT2D eigenvalue weighted by molar-refractivity contribution is 6.05. The number of para-hydroxylation sites is 1. The van der Waals surface area contributed by atoms with Crippen molar-refractivity contribution in [1.29, 1.82) is 0 Å². The number of benzene rings is 3. The van der Waals surface area contributed by atoms with Crippen molar-refractivity contribution >= 4 is 45.8 Å². The molecule has 45 heavy (non-hydrogen) atoms. The molecule has 0 saturated heterocycles. The molecule has 0 saturated carbocycles. The van der Waals surface area contributed by atoms with Gasteiger partial charge in [-0.3, -0.25) is 4.79 Å². The van der Waals surface area contributed by atoms with Crippen LogP contribution in [0.15, 0.2) is 65.2 Å². The smallest absolute Gasteiger partial charge is 0.323 e. The average Bonchev–Trinajstić information content (AvgIpc) is 3.34. The Bertz CT molecular complexity index is 1700. The Morgan fingerprint density at radius 1 is 1.04 bits per heavy atom. The fraction of sp³-hybridized carbons (Fsp3) is 0.333. The molecule has 0 radical (unpaired) electrons. The third-order valence-corrected chi connectivity index (χ3v) is 8.04. The number of anilines is 3.